The summed E-state index contributed by atoms with van der Waals surface area (Å²) in [4.78, 5) is 16.9. The van der Waals surface area contributed by atoms with Crippen LogP contribution in [0.5, 0.6) is 0 Å². The van der Waals surface area contributed by atoms with Gasteiger partial charge < -0.3 is 9.90 Å². The number of aliphatic hydroxyl groups excluding tert-OH is 1. The number of thiol groups is 1. The zero-order chi connectivity index (χ0) is 18.7. The summed E-state index contributed by atoms with van der Waals surface area (Å²) in [5.41, 5.74) is 2.22. The van der Waals surface area contributed by atoms with Gasteiger partial charge in [-0.3, -0.25) is 4.99 Å². The summed E-state index contributed by atoms with van der Waals surface area (Å²) in [5, 5.41) is 7.00. The van der Waals surface area contributed by atoms with E-state index in [1.54, 1.807) is 30.1 Å². The fourth-order valence-corrected chi connectivity index (χ4v) is 2.60. The van der Waals surface area contributed by atoms with Crippen LogP contribution in [-0.4, -0.2) is 31.0 Å². The van der Waals surface area contributed by atoms with E-state index in [1.807, 2.05) is 30.5 Å². The van der Waals surface area contributed by atoms with Crippen LogP contribution in [0, 0.1) is 5.82 Å². The minimum Gasteiger partial charge on any atom is -0.400 e. The van der Waals surface area contributed by atoms with E-state index >= 15 is 0 Å². The highest BCUT2D eigenvalue weighted by molar-refractivity contribution is 7.98. The number of thioether (sulfide) groups is 1. The molecule has 3 nitrogen and oxygen atoms in total. The van der Waals surface area contributed by atoms with Crippen molar-refractivity contribution in [2.45, 2.75) is 11.3 Å². The van der Waals surface area contributed by atoms with Gasteiger partial charge >= 0.3 is 0 Å². The van der Waals surface area contributed by atoms with Crippen molar-refractivity contribution >= 4 is 42.6 Å². The lowest BCUT2D eigenvalue weighted by atomic mass is 10.1. The molecule has 1 N–H and O–H groups in total. The number of carbonyl (C=O) groups excluding carboxylic acids is 1. The fraction of sp³-hybridized carbons (Fsp3) is 0.158. The van der Waals surface area contributed by atoms with E-state index in [0.717, 1.165) is 24.5 Å². The number of halogens is 1. The molecule has 0 atom stereocenters. The normalized spacial score (nSPS) is 11.6. The lowest BCUT2D eigenvalue weighted by Crippen LogP contribution is -1.90. The first kappa shape index (κ1) is 21.2. The van der Waals surface area contributed by atoms with Crippen molar-refractivity contribution in [3.8, 4) is 0 Å². The van der Waals surface area contributed by atoms with Gasteiger partial charge in [0.15, 0.2) is 0 Å². The predicted molar refractivity (Wildman–Crippen MR) is 107 cm³/mol. The molecule has 132 valence electrons. The molecule has 0 aromatic heterocycles. The molecule has 0 saturated carbocycles. The van der Waals surface area contributed by atoms with Crippen LogP contribution in [-0.2, 0) is 4.79 Å². The predicted octanol–water partition coefficient (Wildman–Crippen LogP) is 4.46. The Morgan fingerprint density at radius 2 is 1.76 bits per heavy atom. The minimum atomic E-state index is -0.319. The molecular weight excluding hydrogens is 357 g/mol. The number of carbonyl (C=O) groups is 1. The van der Waals surface area contributed by atoms with Crippen LogP contribution in [0.25, 0.3) is 5.70 Å². The van der Waals surface area contributed by atoms with E-state index in [0.29, 0.717) is 10.6 Å². The monoisotopic (exact) mass is 377 g/mol. The molecule has 0 fully saturated rings. The molecular formula is C19H20FNO2S2. The molecule has 2 rings (SSSR count). The molecule has 2 aromatic rings. The number of nitrogens with zero attached hydrogens (tertiary/aromatic N) is 1. The van der Waals surface area contributed by atoms with Crippen LogP contribution in [0.3, 0.4) is 0 Å². The number of hydrogen-bond acceptors (Lipinski definition) is 5. The smallest absolute Gasteiger partial charge is 0.124 e. The first-order chi connectivity index (χ1) is 12.1. The maximum atomic E-state index is 13.1. The van der Waals surface area contributed by atoms with E-state index in [9.17, 15) is 9.18 Å². The largest absolute Gasteiger partial charge is 0.400 e. The topological polar surface area (TPSA) is 49.7 Å². The average Bonchev–Trinajstić information content (AvgIpc) is 2.65. The Balaban J connectivity index is 0.00000151. The van der Waals surface area contributed by atoms with Gasteiger partial charge in [0.2, 0.25) is 0 Å². The van der Waals surface area contributed by atoms with Gasteiger partial charge in [-0.15, -0.1) is 24.4 Å². The maximum Gasteiger partial charge on any atom is 0.124 e. The van der Waals surface area contributed by atoms with Gasteiger partial charge in [-0.1, -0.05) is 12.1 Å². The summed E-state index contributed by atoms with van der Waals surface area (Å²) in [6.45, 7) is 0. The van der Waals surface area contributed by atoms with Gasteiger partial charge in [0.25, 0.3) is 0 Å². The van der Waals surface area contributed by atoms with Crippen molar-refractivity contribution in [2.24, 2.45) is 4.99 Å². The summed E-state index contributed by atoms with van der Waals surface area (Å²) in [6.07, 6.45) is 4.67. The zero-order valence-corrected chi connectivity index (χ0v) is 15.7. The minimum absolute atomic E-state index is 0.165. The Morgan fingerprint density at radius 3 is 2.28 bits per heavy atom. The van der Waals surface area contributed by atoms with Crippen molar-refractivity contribution < 1.29 is 14.3 Å². The second-order valence-corrected chi connectivity index (χ2v) is 6.12. The molecule has 0 aliphatic rings. The van der Waals surface area contributed by atoms with E-state index in [2.05, 4.69) is 17.6 Å². The molecule has 0 saturated heterocycles. The van der Waals surface area contributed by atoms with Crippen LogP contribution in [0.2, 0.25) is 0 Å². The third-order valence-electron chi connectivity index (χ3n) is 3.13. The lowest BCUT2D eigenvalue weighted by molar-refractivity contribution is -0.107. The van der Waals surface area contributed by atoms with Crippen LogP contribution in [0.4, 0.5) is 4.39 Å². The number of allylic oxidation sites excluding steroid dienone is 1. The van der Waals surface area contributed by atoms with Gasteiger partial charge in [0.05, 0.1) is 5.70 Å². The molecule has 0 unspecified atom stereocenters. The SMILES string of the molecule is CO.CSc1ccc(C=N/C(=C(\S)CC=O)c2ccc(F)cc2)cc1. The molecule has 0 heterocycles. The molecule has 0 radical (unpaired) electrons. The van der Waals surface area contributed by atoms with E-state index in [-0.39, 0.29) is 12.2 Å². The average molecular weight is 378 g/mol. The van der Waals surface area contributed by atoms with E-state index < -0.39 is 0 Å². The van der Waals surface area contributed by atoms with E-state index in [1.165, 1.54) is 17.0 Å². The summed E-state index contributed by atoms with van der Waals surface area (Å²) >= 11 is 6.03. The van der Waals surface area contributed by atoms with Crippen LogP contribution in [0.15, 0.2) is 63.3 Å². The summed E-state index contributed by atoms with van der Waals surface area (Å²) in [7, 11) is 1.00. The summed E-state index contributed by atoms with van der Waals surface area (Å²) < 4.78 is 13.1. The van der Waals surface area contributed by atoms with Crippen LogP contribution in [0.1, 0.15) is 17.5 Å². The number of aliphatic imine (C=N–C) groups is 1. The summed E-state index contributed by atoms with van der Waals surface area (Å²) in [6, 6.07) is 13.9. The van der Waals surface area contributed by atoms with E-state index in [4.69, 9.17) is 5.11 Å². The van der Waals surface area contributed by atoms with Crippen LogP contribution < -0.4 is 0 Å². The molecule has 0 aliphatic carbocycles. The Bertz CT molecular complexity index is 726. The Hall–Kier alpha value is -1.89. The van der Waals surface area contributed by atoms with Gasteiger partial charge in [-0.25, -0.2) is 4.39 Å². The Labute approximate surface area is 157 Å². The van der Waals surface area contributed by atoms with Crippen LogP contribution >= 0.6 is 24.4 Å². The van der Waals surface area contributed by atoms with Crippen molar-refractivity contribution in [3.63, 3.8) is 0 Å². The van der Waals surface area contributed by atoms with Crippen molar-refractivity contribution in [3.05, 3.63) is 70.4 Å². The molecule has 2 aromatic carbocycles. The number of aldehydes is 1. The Morgan fingerprint density at radius 1 is 1.16 bits per heavy atom. The number of rotatable bonds is 6. The molecule has 0 amide bonds. The van der Waals surface area contributed by atoms with Crippen molar-refractivity contribution in [2.75, 3.05) is 13.4 Å². The lowest BCUT2D eigenvalue weighted by Gasteiger charge is -2.06. The first-order valence-corrected chi connectivity index (χ1v) is 9.05. The number of aliphatic hydroxyl groups is 1. The second-order valence-electron chi connectivity index (χ2n) is 4.70. The quantitative estimate of drug-likeness (QED) is 0.338. The summed E-state index contributed by atoms with van der Waals surface area (Å²) in [5.74, 6) is -0.319. The third-order valence-corrected chi connectivity index (χ3v) is 4.26. The van der Waals surface area contributed by atoms with Crippen molar-refractivity contribution in [1.29, 1.82) is 0 Å². The standard InChI is InChI=1S/C18H16FNOS2.CH4O/c1-23-16-8-2-13(3-9-16)12-20-18(17(22)10-11-21)14-4-6-15(19)7-5-14;1-2/h2-9,11-12,22H,10H2,1H3;2H,1H3/b18-17-,20-12?;. The zero-order valence-electron chi connectivity index (χ0n) is 14.0. The molecule has 25 heavy (non-hydrogen) atoms. The van der Waals surface area contributed by atoms with Gasteiger partial charge in [0.1, 0.15) is 12.1 Å². The van der Waals surface area contributed by atoms with Gasteiger partial charge in [0, 0.05) is 35.1 Å². The van der Waals surface area contributed by atoms with Gasteiger partial charge in [-0.05, 0) is 48.2 Å². The molecule has 0 bridgehead atoms. The third kappa shape index (κ3) is 6.86. The number of hydrogen-bond donors (Lipinski definition) is 2. The maximum absolute atomic E-state index is 13.1. The molecule has 0 aliphatic heterocycles. The first-order valence-electron chi connectivity index (χ1n) is 7.38. The highest BCUT2D eigenvalue weighted by Gasteiger charge is 2.06. The van der Waals surface area contributed by atoms with Crippen molar-refractivity contribution in [1.82, 2.24) is 0 Å². The van der Waals surface area contributed by atoms with Gasteiger partial charge in [-0.2, -0.15) is 0 Å². The molecule has 6 heteroatoms. The highest BCUT2D eigenvalue weighted by Crippen LogP contribution is 2.25. The highest BCUT2D eigenvalue weighted by atomic mass is 32.2. The Kier molecular flexibility index (Phi) is 9.84. The molecule has 0 spiro atoms. The number of benzene rings is 2. The fourth-order valence-electron chi connectivity index (χ4n) is 1.93. The second kappa shape index (κ2) is 11.6.